The van der Waals surface area contributed by atoms with Crippen LogP contribution < -0.4 is 11.1 Å². The lowest BCUT2D eigenvalue weighted by molar-refractivity contribution is 0.0292. The Bertz CT molecular complexity index is 111. The van der Waals surface area contributed by atoms with Gasteiger partial charge in [0, 0.05) is 25.2 Å². The fourth-order valence-corrected chi connectivity index (χ4v) is 1.45. The SMILES string of the molecule is CC1(NCCN)CCCOC1. The van der Waals surface area contributed by atoms with Crippen LogP contribution in [0.5, 0.6) is 0 Å². The minimum atomic E-state index is 0.178. The van der Waals surface area contributed by atoms with Crippen LogP contribution in [0.2, 0.25) is 0 Å². The average molecular weight is 158 g/mol. The van der Waals surface area contributed by atoms with Gasteiger partial charge in [0.25, 0.3) is 0 Å². The van der Waals surface area contributed by atoms with Crippen LogP contribution in [0.25, 0.3) is 0 Å². The van der Waals surface area contributed by atoms with Crippen LogP contribution in [0.3, 0.4) is 0 Å². The number of hydrogen-bond donors (Lipinski definition) is 2. The molecular formula is C8H18N2O. The molecule has 1 rings (SSSR count). The third kappa shape index (κ3) is 2.77. The van der Waals surface area contributed by atoms with Crippen molar-refractivity contribution in [2.24, 2.45) is 5.73 Å². The van der Waals surface area contributed by atoms with Gasteiger partial charge in [0.1, 0.15) is 0 Å². The number of ether oxygens (including phenoxy) is 1. The summed E-state index contributed by atoms with van der Waals surface area (Å²) in [5, 5.41) is 3.40. The third-order valence-corrected chi connectivity index (χ3v) is 2.13. The van der Waals surface area contributed by atoms with Gasteiger partial charge in [-0.3, -0.25) is 0 Å². The summed E-state index contributed by atoms with van der Waals surface area (Å²) in [7, 11) is 0. The Morgan fingerprint density at radius 3 is 3.00 bits per heavy atom. The van der Waals surface area contributed by atoms with Crippen molar-refractivity contribution in [3.63, 3.8) is 0 Å². The summed E-state index contributed by atoms with van der Waals surface area (Å²) >= 11 is 0. The van der Waals surface area contributed by atoms with Gasteiger partial charge in [0.2, 0.25) is 0 Å². The highest BCUT2D eigenvalue weighted by molar-refractivity contribution is 4.85. The Morgan fingerprint density at radius 2 is 2.45 bits per heavy atom. The van der Waals surface area contributed by atoms with E-state index in [0.29, 0.717) is 6.54 Å². The molecule has 0 aliphatic carbocycles. The Kier molecular flexibility index (Phi) is 3.30. The third-order valence-electron chi connectivity index (χ3n) is 2.13. The lowest BCUT2D eigenvalue weighted by Gasteiger charge is -2.34. The molecule has 0 bridgehead atoms. The Morgan fingerprint density at radius 1 is 1.64 bits per heavy atom. The number of nitrogens with two attached hydrogens (primary N) is 1. The van der Waals surface area contributed by atoms with E-state index in [-0.39, 0.29) is 5.54 Å². The van der Waals surface area contributed by atoms with Crippen molar-refractivity contribution < 1.29 is 4.74 Å². The van der Waals surface area contributed by atoms with Gasteiger partial charge in [-0.2, -0.15) is 0 Å². The molecule has 3 heteroatoms. The Hall–Kier alpha value is -0.120. The van der Waals surface area contributed by atoms with E-state index in [1.807, 2.05) is 0 Å². The minimum absolute atomic E-state index is 0.178. The van der Waals surface area contributed by atoms with Gasteiger partial charge in [-0.1, -0.05) is 0 Å². The van der Waals surface area contributed by atoms with Crippen LogP contribution in [0.15, 0.2) is 0 Å². The first-order chi connectivity index (χ1) is 5.27. The van der Waals surface area contributed by atoms with Crippen LogP contribution in [0.1, 0.15) is 19.8 Å². The van der Waals surface area contributed by atoms with Crippen LogP contribution in [0.4, 0.5) is 0 Å². The molecule has 1 unspecified atom stereocenters. The molecule has 0 aromatic rings. The summed E-state index contributed by atoms with van der Waals surface area (Å²) in [4.78, 5) is 0. The molecule has 0 aromatic carbocycles. The summed E-state index contributed by atoms with van der Waals surface area (Å²) in [6.45, 7) is 5.53. The quantitative estimate of drug-likeness (QED) is 0.612. The topological polar surface area (TPSA) is 47.3 Å². The molecule has 1 atom stereocenters. The van der Waals surface area contributed by atoms with E-state index in [4.69, 9.17) is 10.5 Å². The second-order valence-corrected chi connectivity index (χ2v) is 3.43. The first-order valence-electron chi connectivity index (χ1n) is 4.30. The Labute approximate surface area is 68.3 Å². The van der Waals surface area contributed by atoms with Crippen molar-refractivity contribution in [1.82, 2.24) is 5.32 Å². The van der Waals surface area contributed by atoms with E-state index in [2.05, 4.69) is 12.2 Å². The molecule has 3 nitrogen and oxygen atoms in total. The largest absolute Gasteiger partial charge is 0.380 e. The first kappa shape index (κ1) is 8.97. The number of hydrogen-bond acceptors (Lipinski definition) is 3. The molecular weight excluding hydrogens is 140 g/mol. The zero-order valence-corrected chi connectivity index (χ0v) is 7.23. The lowest BCUT2D eigenvalue weighted by atomic mass is 9.95. The molecule has 66 valence electrons. The molecule has 3 N–H and O–H groups in total. The van der Waals surface area contributed by atoms with Crippen molar-refractivity contribution in [1.29, 1.82) is 0 Å². The second kappa shape index (κ2) is 4.04. The van der Waals surface area contributed by atoms with Crippen LogP contribution in [0, 0.1) is 0 Å². The smallest absolute Gasteiger partial charge is 0.0645 e. The van der Waals surface area contributed by atoms with Crippen molar-refractivity contribution in [3.05, 3.63) is 0 Å². The number of nitrogens with one attached hydrogen (secondary N) is 1. The highest BCUT2D eigenvalue weighted by Gasteiger charge is 2.25. The van der Waals surface area contributed by atoms with E-state index >= 15 is 0 Å². The molecule has 1 saturated heterocycles. The minimum Gasteiger partial charge on any atom is -0.380 e. The predicted molar refractivity (Wildman–Crippen MR) is 45.5 cm³/mol. The van der Waals surface area contributed by atoms with Crippen LogP contribution in [-0.2, 0) is 4.74 Å². The van der Waals surface area contributed by atoms with Crippen LogP contribution >= 0.6 is 0 Å². The maximum Gasteiger partial charge on any atom is 0.0645 e. The summed E-state index contributed by atoms with van der Waals surface area (Å²) in [6.07, 6.45) is 2.36. The second-order valence-electron chi connectivity index (χ2n) is 3.43. The predicted octanol–water partition coefficient (Wildman–Crippen LogP) is 0.104. The molecule has 0 radical (unpaired) electrons. The van der Waals surface area contributed by atoms with Crippen molar-refractivity contribution in [2.75, 3.05) is 26.3 Å². The van der Waals surface area contributed by atoms with E-state index in [9.17, 15) is 0 Å². The highest BCUT2D eigenvalue weighted by atomic mass is 16.5. The molecule has 1 heterocycles. The van der Waals surface area contributed by atoms with Gasteiger partial charge in [0.05, 0.1) is 6.61 Å². The average Bonchev–Trinajstić information content (AvgIpc) is 2.03. The first-order valence-corrected chi connectivity index (χ1v) is 4.30. The highest BCUT2D eigenvalue weighted by Crippen LogP contribution is 2.17. The van der Waals surface area contributed by atoms with Crippen molar-refractivity contribution >= 4 is 0 Å². The summed E-state index contributed by atoms with van der Waals surface area (Å²) in [6, 6.07) is 0. The van der Waals surface area contributed by atoms with E-state index in [0.717, 1.165) is 26.2 Å². The fourth-order valence-electron chi connectivity index (χ4n) is 1.45. The molecule has 0 spiro atoms. The monoisotopic (exact) mass is 158 g/mol. The van der Waals surface area contributed by atoms with Gasteiger partial charge in [0.15, 0.2) is 0 Å². The number of rotatable bonds is 3. The molecule has 1 aliphatic heterocycles. The molecule has 1 fully saturated rings. The Balaban J connectivity index is 2.25. The van der Waals surface area contributed by atoms with Gasteiger partial charge in [-0.05, 0) is 19.8 Å². The zero-order chi connectivity index (χ0) is 8.16. The summed E-state index contributed by atoms with van der Waals surface area (Å²) in [5.74, 6) is 0. The van der Waals surface area contributed by atoms with Crippen molar-refractivity contribution in [2.45, 2.75) is 25.3 Å². The van der Waals surface area contributed by atoms with E-state index < -0.39 is 0 Å². The van der Waals surface area contributed by atoms with E-state index in [1.165, 1.54) is 6.42 Å². The van der Waals surface area contributed by atoms with E-state index in [1.54, 1.807) is 0 Å². The summed E-state index contributed by atoms with van der Waals surface area (Å²) in [5.41, 5.74) is 5.58. The molecule has 11 heavy (non-hydrogen) atoms. The maximum absolute atomic E-state index is 5.40. The molecule has 0 saturated carbocycles. The normalized spacial score (nSPS) is 32.2. The fraction of sp³-hybridized carbons (Fsp3) is 1.00. The van der Waals surface area contributed by atoms with Gasteiger partial charge < -0.3 is 15.8 Å². The molecule has 1 aliphatic rings. The molecule has 0 aromatic heterocycles. The van der Waals surface area contributed by atoms with Gasteiger partial charge in [-0.15, -0.1) is 0 Å². The molecule has 0 amide bonds. The lowest BCUT2D eigenvalue weighted by Crippen LogP contribution is -2.50. The van der Waals surface area contributed by atoms with Crippen LogP contribution in [-0.4, -0.2) is 31.8 Å². The standard InChI is InChI=1S/C8H18N2O/c1-8(10-5-4-9)3-2-6-11-7-8/h10H,2-7,9H2,1H3. The van der Waals surface area contributed by atoms with Gasteiger partial charge in [-0.25, -0.2) is 0 Å². The maximum atomic E-state index is 5.40. The van der Waals surface area contributed by atoms with Crippen molar-refractivity contribution in [3.8, 4) is 0 Å². The van der Waals surface area contributed by atoms with Gasteiger partial charge >= 0.3 is 0 Å². The summed E-state index contributed by atoms with van der Waals surface area (Å²) < 4.78 is 5.38. The zero-order valence-electron chi connectivity index (χ0n) is 7.23.